The van der Waals surface area contributed by atoms with Gasteiger partial charge in [-0.1, -0.05) is 17.7 Å². The van der Waals surface area contributed by atoms with Crippen molar-refractivity contribution in [2.75, 3.05) is 10.6 Å². The molecule has 1 amide bonds. The lowest BCUT2D eigenvalue weighted by molar-refractivity contribution is 0.209. The third-order valence-corrected chi connectivity index (χ3v) is 4.55. The lowest BCUT2D eigenvalue weighted by Gasteiger charge is -2.17. The fraction of sp³-hybridized carbons (Fsp3) is 0.238. The standard InChI is InChI=1S/C21H22ClN3O4/c1-11(2)29-19-10-18-13(8-17(19)22)7-16(20(26)25-18)12(3)23-14-5-4-6-15(9-14)24-21(27)28/h4-12,23-24H,1-3H3,(H,25,26)(H,27,28). The number of carbonyl (C=O) groups is 1. The van der Waals surface area contributed by atoms with Gasteiger partial charge in [0.05, 0.1) is 22.7 Å². The Morgan fingerprint density at radius 3 is 2.55 bits per heavy atom. The summed E-state index contributed by atoms with van der Waals surface area (Å²) in [6.07, 6.45) is -1.18. The Hall–Kier alpha value is -3.19. The van der Waals surface area contributed by atoms with Crippen molar-refractivity contribution in [3.8, 4) is 5.75 Å². The summed E-state index contributed by atoms with van der Waals surface area (Å²) >= 11 is 6.32. The van der Waals surface area contributed by atoms with Gasteiger partial charge in [-0.15, -0.1) is 0 Å². The van der Waals surface area contributed by atoms with Gasteiger partial charge in [0.2, 0.25) is 0 Å². The van der Waals surface area contributed by atoms with E-state index < -0.39 is 6.09 Å². The number of rotatable bonds is 6. The molecule has 2 aromatic carbocycles. The predicted octanol–water partition coefficient (Wildman–Crippen LogP) is 5.23. The van der Waals surface area contributed by atoms with Crippen LogP contribution in [0.15, 0.2) is 47.3 Å². The van der Waals surface area contributed by atoms with Crippen LogP contribution < -0.4 is 20.9 Å². The van der Waals surface area contributed by atoms with E-state index in [9.17, 15) is 9.59 Å². The lowest BCUT2D eigenvalue weighted by Crippen LogP contribution is -2.19. The molecule has 1 aromatic heterocycles. The molecule has 1 unspecified atom stereocenters. The number of benzene rings is 2. The highest BCUT2D eigenvalue weighted by Gasteiger charge is 2.14. The van der Waals surface area contributed by atoms with Crippen molar-refractivity contribution >= 4 is 40.0 Å². The van der Waals surface area contributed by atoms with E-state index in [0.717, 1.165) is 5.39 Å². The number of fused-ring (bicyclic) bond motifs is 1. The van der Waals surface area contributed by atoms with Crippen molar-refractivity contribution in [2.24, 2.45) is 0 Å². The maximum absolute atomic E-state index is 12.6. The SMILES string of the molecule is CC(C)Oc1cc2[nH]c(=O)c(C(C)Nc3cccc(NC(=O)O)c3)cc2cc1Cl. The monoisotopic (exact) mass is 415 g/mol. The Morgan fingerprint density at radius 1 is 1.14 bits per heavy atom. The van der Waals surface area contributed by atoms with Crippen LogP contribution in [0.5, 0.6) is 5.75 Å². The number of ether oxygens (including phenoxy) is 1. The van der Waals surface area contributed by atoms with Crippen LogP contribution in [0.2, 0.25) is 5.02 Å². The first-order chi connectivity index (χ1) is 13.7. The van der Waals surface area contributed by atoms with Crippen molar-refractivity contribution in [3.63, 3.8) is 0 Å². The van der Waals surface area contributed by atoms with Gasteiger partial charge in [0, 0.05) is 28.4 Å². The quantitative estimate of drug-likeness (QED) is 0.441. The highest BCUT2D eigenvalue weighted by Crippen LogP contribution is 2.31. The number of hydrogen-bond donors (Lipinski definition) is 4. The molecule has 0 spiro atoms. The average Bonchev–Trinajstić information content (AvgIpc) is 2.61. The first-order valence-corrected chi connectivity index (χ1v) is 9.50. The molecular formula is C21H22ClN3O4. The zero-order valence-corrected chi connectivity index (χ0v) is 17.0. The predicted molar refractivity (Wildman–Crippen MR) is 115 cm³/mol. The molecule has 1 atom stereocenters. The first-order valence-electron chi connectivity index (χ1n) is 9.12. The van der Waals surface area contributed by atoms with Crippen LogP contribution in [-0.4, -0.2) is 22.3 Å². The molecule has 29 heavy (non-hydrogen) atoms. The zero-order valence-electron chi connectivity index (χ0n) is 16.2. The van der Waals surface area contributed by atoms with E-state index in [4.69, 9.17) is 21.4 Å². The number of halogens is 1. The molecule has 0 saturated heterocycles. The molecule has 0 aliphatic rings. The van der Waals surface area contributed by atoms with Gasteiger partial charge in [-0.2, -0.15) is 0 Å². The molecule has 0 saturated carbocycles. The van der Waals surface area contributed by atoms with E-state index in [0.29, 0.717) is 33.2 Å². The molecule has 0 radical (unpaired) electrons. The summed E-state index contributed by atoms with van der Waals surface area (Å²) in [5.74, 6) is 0.520. The van der Waals surface area contributed by atoms with Crippen LogP contribution in [0.4, 0.5) is 16.2 Å². The summed E-state index contributed by atoms with van der Waals surface area (Å²) in [7, 11) is 0. The minimum atomic E-state index is -1.14. The summed E-state index contributed by atoms with van der Waals surface area (Å²) in [5, 5.41) is 15.6. The number of H-pyrrole nitrogens is 1. The normalized spacial score (nSPS) is 12.0. The van der Waals surface area contributed by atoms with Crippen LogP contribution in [0.1, 0.15) is 32.4 Å². The molecule has 4 N–H and O–H groups in total. The maximum atomic E-state index is 12.6. The number of pyridine rings is 1. The second-order valence-corrected chi connectivity index (χ2v) is 7.37. The molecule has 3 aromatic rings. The summed E-state index contributed by atoms with van der Waals surface area (Å²) in [4.78, 5) is 26.3. The van der Waals surface area contributed by atoms with Crippen LogP contribution in [0, 0.1) is 0 Å². The number of anilines is 2. The van der Waals surface area contributed by atoms with E-state index in [1.165, 1.54) is 0 Å². The Kier molecular flexibility index (Phi) is 5.98. The van der Waals surface area contributed by atoms with Crippen LogP contribution in [-0.2, 0) is 0 Å². The Labute approximate surface area is 172 Å². The largest absolute Gasteiger partial charge is 0.489 e. The molecule has 0 aliphatic heterocycles. The van der Waals surface area contributed by atoms with Gasteiger partial charge in [0.25, 0.3) is 5.56 Å². The van der Waals surface area contributed by atoms with Crippen molar-refractivity contribution in [2.45, 2.75) is 32.9 Å². The molecule has 3 rings (SSSR count). The zero-order chi connectivity index (χ0) is 21.1. The molecule has 0 bridgehead atoms. The van der Waals surface area contributed by atoms with Crippen molar-refractivity contribution in [1.82, 2.24) is 4.98 Å². The van der Waals surface area contributed by atoms with E-state index in [1.807, 2.05) is 20.8 Å². The van der Waals surface area contributed by atoms with Crippen molar-refractivity contribution in [1.29, 1.82) is 0 Å². The molecular weight excluding hydrogens is 394 g/mol. The maximum Gasteiger partial charge on any atom is 0.409 e. The van der Waals surface area contributed by atoms with Crippen LogP contribution in [0.25, 0.3) is 10.9 Å². The van der Waals surface area contributed by atoms with Crippen molar-refractivity contribution in [3.05, 3.63) is 63.4 Å². The molecule has 1 heterocycles. The molecule has 152 valence electrons. The number of aromatic amines is 1. The minimum Gasteiger partial charge on any atom is -0.489 e. The molecule has 8 heteroatoms. The highest BCUT2D eigenvalue weighted by atomic mass is 35.5. The highest BCUT2D eigenvalue weighted by molar-refractivity contribution is 6.32. The van der Waals surface area contributed by atoms with Gasteiger partial charge in [-0.3, -0.25) is 10.1 Å². The summed E-state index contributed by atoms with van der Waals surface area (Å²) in [6, 6.07) is 11.8. The number of hydrogen-bond acceptors (Lipinski definition) is 4. The topological polar surface area (TPSA) is 103 Å². The van der Waals surface area contributed by atoms with Gasteiger partial charge in [-0.25, -0.2) is 4.79 Å². The van der Waals surface area contributed by atoms with E-state index in [2.05, 4.69) is 15.6 Å². The summed E-state index contributed by atoms with van der Waals surface area (Å²) < 4.78 is 5.67. The van der Waals surface area contributed by atoms with Gasteiger partial charge >= 0.3 is 6.09 Å². The van der Waals surface area contributed by atoms with Gasteiger partial charge < -0.3 is 20.1 Å². The lowest BCUT2D eigenvalue weighted by atomic mass is 10.1. The summed E-state index contributed by atoms with van der Waals surface area (Å²) in [6.45, 7) is 5.66. The van der Waals surface area contributed by atoms with E-state index in [1.54, 1.807) is 42.5 Å². The molecule has 0 aliphatic carbocycles. The Bertz CT molecular complexity index is 1110. The molecule has 0 fully saturated rings. The average molecular weight is 416 g/mol. The number of carboxylic acid groups (broad SMARTS) is 1. The van der Waals surface area contributed by atoms with Gasteiger partial charge in [0.15, 0.2) is 0 Å². The van der Waals surface area contributed by atoms with Crippen LogP contribution >= 0.6 is 11.6 Å². The fourth-order valence-corrected chi connectivity index (χ4v) is 3.24. The summed E-state index contributed by atoms with van der Waals surface area (Å²) in [5.41, 5.74) is 2.06. The minimum absolute atomic E-state index is 0.0356. The number of aromatic nitrogens is 1. The second kappa shape index (κ2) is 8.45. The van der Waals surface area contributed by atoms with E-state index in [-0.39, 0.29) is 17.7 Å². The van der Waals surface area contributed by atoms with Gasteiger partial charge in [0.1, 0.15) is 5.75 Å². The smallest absolute Gasteiger partial charge is 0.409 e. The number of nitrogens with one attached hydrogen (secondary N) is 3. The van der Waals surface area contributed by atoms with Crippen molar-refractivity contribution < 1.29 is 14.6 Å². The van der Waals surface area contributed by atoms with E-state index >= 15 is 0 Å². The third-order valence-electron chi connectivity index (χ3n) is 4.25. The second-order valence-electron chi connectivity index (χ2n) is 6.97. The Morgan fingerprint density at radius 2 is 1.86 bits per heavy atom. The third kappa shape index (κ3) is 5.00. The molecule has 7 nitrogen and oxygen atoms in total. The first kappa shape index (κ1) is 20.5. The van der Waals surface area contributed by atoms with Gasteiger partial charge in [-0.05, 0) is 51.1 Å². The van der Waals surface area contributed by atoms with Crippen LogP contribution in [0.3, 0.4) is 0 Å². The fourth-order valence-electron chi connectivity index (χ4n) is 3.03. The Balaban J connectivity index is 1.90. The number of amides is 1.